The van der Waals surface area contributed by atoms with Crippen LogP contribution in [0, 0.1) is 25.2 Å². The Kier molecular flexibility index (Phi) is 7.70. The lowest BCUT2D eigenvalue weighted by Crippen LogP contribution is -2.17. The van der Waals surface area contributed by atoms with Crippen molar-refractivity contribution in [3.8, 4) is 11.8 Å². The summed E-state index contributed by atoms with van der Waals surface area (Å²) in [5.74, 6) is 0.141. The van der Waals surface area contributed by atoms with Gasteiger partial charge in [-0.05, 0) is 62.2 Å². The highest BCUT2D eigenvalue weighted by Crippen LogP contribution is 2.22. The maximum Gasteiger partial charge on any atom is 0.261 e. The maximum atomic E-state index is 12.9. The van der Waals surface area contributed by atoms with Gasteiger partial charge in [0.05, 0.1) is 17.6 Å². The smallest absolute Gasteiger partial charge is 0.261 e. The van der Waals surface area contributed by atoms with Crippen molar-refractivity contribution < 1.29 is 17.9 Å². The van der Waals surface area contributed by atoms with Crippen LogP contribution in [0.1, 0.15) is 34.3 Å². The number of aryl methyl sites for hydroxylation is 2. The number of rotatable bonds is 9. The van der Waals surface area contributed by atoms with Gasteiger partial charge >= 0.3 is 0 Å². The molecule has 8 heteroatoms. The lowest BCUT2D eigenvalue weighted by Gasteiger charge is -2.13. The van der Waals surface area contributed by atoms with Crippen LogP contribution in [0.25, 0.3) is 0 Å². The molecule has 3 rings (SSSR count). The monoisotopic (exact) mass is 463 g/mol. The summed E-state index contributed by atoms with van der Waals surface area (Å²) < 4.78 is 33.8. The molecule has 0 heterocycles. The molecule has 0 saturated carbocycles. The third kappa shape index (κ3) is 6.57. The van der Waals surface area contributed by atoms with E-state index in [1.807, 2.05) is 19.1 Å². The number of amides is 1. The van der Waals surface area contributed by atoms with Crippen molar-refractivity contribution in [2.75, 3.05) is 16.6 Å². The van der Waals surface area contributed by atoms with Gasteiger partial charge in [-0.1, -0.05) is 29.8 Å². The minimum atomic E-state index is -3.87. The van der Waals surface area contributed by atoms with Gasteiger partial charge in [0.2, 0.25) is 0 Å². The molecule has 170 valence electrons. The predicted octanol–water partition coefficient (Wildman–Crippen LogP) is 5.04. The van der Waals surface area contributed by atoms with Crippen molar-refractivity contribution in [2.24, 2.45) is 0 Å². The number of hydrogen-bond donors (Lipinski definition) is 2. The SMILES string of the molecule is Cc1ccc(NS(=O)(=O)c2ccc(C)c(C(=O)Nc3cccc(OCCCC#N)c3)c2)cc1. The molecular weight excluding hydrogens is 438 g/mol. The Balaban J connectivity index is 1.76. The van der Waals surface area contributed by atoms with Gasteiger partial charge in [0.25, 0.3) is 15.9 Å². The van der Waals surface area contributed by atoms with E-state index in [4.69, 9.17) is 10.00 Å². The largest absolute Gasteiger partial charge is 0.493 e. The average Bonchev–Trinajstić information content (AvgIpc) is 2.78. The van der Waals surface area contributed by atoms with E-state index >= 15 is 0 Å². The zero-order valence-electron chi connectivity index (χ0n) is 18.5. The summed E-state index contributed by atoms with van der Waals surface area (Å²) in [5, 5.41) is 11.4. The maximum absolute atomic E-state index is 12.9. The highest BCUT2D eigenvalue weighted by atomic mass is 32.2. The Hall–Kier alpha value is -3.83. The molecule has 33 heavy (non-hydrogen) atoms. The summed E-state index contributed by atoms with van der Waals surface area (Å²) in [4.78, 5) is 12.9. The van der Waals surface area contributed by atoms with E-state index < -0.39 is 15.9 Å². The van der Waals surface area contributed by atoms with E-state index in [2.05, 4.69) is 16.1 Å². The average molecular weight is 464 g/mol. The fraction of sp³-hybridized carbons (Fsp3) is 0.200. The molecule has 3 aromatic carbocycles. The molecule has 0 aliphatic rings. The number of unbranched alkanes of at least 4 members (excludes halogenated alkanes) is 1. The van der Waals surface area contributed by atoms with E-state index in [0.717, 1.165) is 5.56 Å². The fourth-order valence-electron chi connectivity index (χ4n) is 3.05. The second kappa shape index (κ2) is 10.7. The Morgan fingerprint density at radius 2 is 1.76 bits per heavy atom. The second-order valence-electron chi connectivity index (χ2n) is 7.54. The summed E-state index contributed by atoms with van der Waals surface area (Å²) in [6.45, 7) is 4.06. The van der Waals surface area contributed by atoms with E-state index in [0.29, 0.717) is 42.1 Å². The molecule has 0 unspecified atom stereocenters. The molecule has 2 N–H and O–H groups in total. The summed E-state index contributed by atoms with van der Waals surface area (Å²) in [6.07, 6.45) is 1.03. The molecule has 0 bridgehead atoms. The number of nitrogens with zero attached hydrogens (tertiary/aromatic N) is 1. The van der Waals surface area contributed by atoms with E-state index in [9.17, 15) is 13.2 Å². The van der Waals surface area contributed by atoms with Crippen LogP contribution in [0.15, 0.2) is 71.6 Å². The van der Waals surface area contributed by atoms with Crippen LogP contribution >= 0.6 is 0 Å². The van der Waals surface area contributed by atoms with Crippen LogP contribution in [0.4, 0.5) is 11.4 Å². The summed E-state index contributed by atoms with van der Waals surface area (Å²) in [7, 11) is -3.87. The van der Waals surface area contributed by atoms with Crippen LogP contribution < -0.4 is 14.8 Å². The zero-order chi connectivity index (χ0) is 23.8. The lowest BCUT2D eigenvalue weighted by molar-refractivity contribution is 0.102. The Bertz CT molecular complexity index is 1280. The highest BCUT2D eigenvalue weighted by molar-refractivity contribution is 7.92. The van der Waals surface area contributed by atoms with Crippen molar-refractivity contribution in [1.82, 2.24) is 0 Å². The zero-order valence-corrected chi connectivity index (χ0v) is 19.3. The Morgan fingerprint density at radius 3 is 2.48 bits per heavy atom. The molecule has 7 nitrogen and oxygen atoms in total. The van der Waals surface area contributed by atoms with Crippen LogP contribution in [-0.4, -0.2) is 20.9 Å². The molecule has 0 aliphatic carbocycles. The number of nitrogens with one attached hydrogen (secondary N) is 2. The lowest BCUT2D eigenvalue weighted by atomic mass is 10.1. The number of anilines is 2. The fourth-order valence-corrected chi connectivity index (χ4v) is 4.14. The van der Waals surface area contributed by atoms with E-state index in [-0.39, 0.29) is 10.5 Å². The van der Waals surface area contributed by atoms with Gasteiger partial charge in [-0.15, -0.1) is 0 Å². The molecule has 0 saturated heterocycles. The molecule has 0 fully saturated rings. The van der Waals surface area contributed by atoms with Crippen molar-refractivity contribution in [3.05, 3.63) is 83.4 Å². The number of nitriles is 1. The van der Waals surface area contributed by atoms with E-state index in [1.165, 1.54) is 12.1 Å². The highest BCUT2D eigenvalue weighted by Gasteiger charge is 2.18. The number of carbonyl (C=O) groups is 1. The number of sulfonamides is 1. The first-order valence-electron chi connectivity index (χ1n) is 10.4. The minimum absolute atomic E-state index is 0.00611. The van der Waals surface area contributed by atoms with Gasteiger partial charge in [0.15, 0.2) is 0 Å². The quantitative estimate of drug-likeness (QED) is 0.432. The van der Waals surface area contributed by atoms with Crippen LogP contribution in [-0.2, 0) is 10.0 Å². The van der Waals surface area contributed by atoms with Gasteiger partial charge in [-0.3, -0.25) is 9.52 Å². The summed E-state index contributed by atoms with van der Waals surface area (Å²) >= 11 is 0. The second-order valence-corrected chi connectivity index (χ2v) is 9.22. The molecule has 0 atom stereocenters. The standard InChI is InChI=1S/C25H25N3O4S/c1-18-8-11-20(12-9-18)28-33(30,31)23-13-10-19(2)24(17-23)25(29)27-21-6-5-7-22(16-21)32-15-4-3-14-26/h5-13,16-17,28H,3-4,15H2,1-2H3,(H,27,29). The van der Waals surface area contributed by atoms with Gasteiger partial charge in [-0.25, -0.2) is 8.42 Å². The Morgan fingerprint density at radius 1 is 1.00 bits per heavy atom. The number of benzene rings is 3. The van der Waals surface area contributed by atoms with Crippen LogP contribution in [0.2, 0.25) is 0 Å². The third-order valence-electron chi connectivity index (χ3n) is 4.86. The normalized spacial score (nSPS) is 10.8. The molecular formula is C25H25N3O4S. The van der Waals surface area contributed by atoms with Crippen LogP contribution in [0.3, 0.4) is 0 Å². The van der Waals surface area contributed by atoms with Crippen molar-refractivity contribution in [2.45, 2.75) is 31.6 Å². The number of hydrogen-bond acceptors (Lipinski definition) is 5. The molecule has 3 aromatic rings. The summed E-state index contributed by atoms with van der Waals surface area (Å²) in [5.41, 5.74) is 2.87. The van der Waals surface area contributed by atoms with Crippen molar-refractivity contribution in [3.63, 3.8) is 0 Å². The van der Waals surface area contributed by atoms with E-state index in [1.54, 1.807) is 49.4 Å². The van der Waals surface area contributed by atoms with Gasteiger partial charge in [0, 0.05) is 29.4 Å². The first kappa shape index (κ1) is 23.8. The van der Waals surface area contributed by atoms with Gasteiger partial charge < -0.3 is 10.1 Å². The summed E-state index contributed by atoms with van der Waals surface area (Å²) in [6, 6.07) is 20.4. The van der Waals surface area contributed by atoms with Gasteiger partial charge in [-0.2, -0.15) is 5.26 Å². The van der Waals surface area contributed by atoms with Gasteiger partial charge in [0.1, 0.15) is 5.75 Å². The topological polar surface area (TPSA) is 108 Å². The minimum Gasteiger partial charge on any atom is -0.493 e. The molecule has 0 spiro atoms. The molecule has 0 aliphatic heterocycles. The first-order valence-corrected chi connectivity index (χ1v) is 11.9. The third-order valence-corrected chi connectivity index (χ3v) is 6.24. The van der Waals surface area contributed by atoms with Crippen molar-refractivity contribution in [1.29, 1.82) is 5.26 Å². The number of ether oxygens (including phenoxy) is 1. The molecule has 0 aromatic heterocycles. The predicted molar refractivity (Wildman–Crippen MR) is 128 cm³/mol. The van der Waals surface area contributed by atoms with Crippen LogP contribution in [0.5, 0.6) is 5.75 Å². The molecule has 0 radical (unpaired) electrons. The van der Waals surface area contributed by atoms with Crippen molar-refractivity contribution >= 4 is 27.3 Å². The molecule has 1 amide bonds. The first-order chi connectivity index (χ1) is 15.8. The Labute approximate surface area is 194 Å². The number of carbonyl (C=O) groups excluding carboxylic acids is 1.